The average molecular weight is 251 g/mol. The van der Waals surface area contributed by atoms with Crippen molar-refractivity contribution in [1.82, 2.24) is 5.32 Å². The Morgan fingerprint density at radius 1 is 1.17 bits per heavy atom. The van der Waals surface area contributed by atoms with Crippen molar-refractivity contribution in [3.8, 4) is 5.75 Å². The molecule has 0 aliphatic rings. The van der Waals surface area contributed by atoms with E-state index >= 15 is 0 Å². The standard InChI is InChI=1S/C15H25NO2/c1-4-9-18-14-7-5-13(6-8-14)15(17)11-16-10-12(2)3/h5-8,12,15-17H,4,9-11H2,1-3H3. The Morgan fingerprint density at radius 2 is 1.83 bits per heavy atom. The van der Waals surface area contributed by atoms with E-state index in [4.69, 9.17) is 4.74 Å². The van der Waals surface area contributed by atoms with Gasteiger partial charge in [-0.2, -0.15) is 0 Å². The fraction of sp³-hybridized carbons (Fsp3) is 0.600. The van der Waals surface area contributed by atoms with Crippen molar-refractivity contribution in [2.24, 2.45) is 5.92 Å². The minimum absolute atomic E-state index is 0.455. The molecule has 1 atom stereocenters. The normalized spacial score (nSPS) is 12.7. The number of nitrogens with one attached hydrogen (secondary N) is 1. The molecule has 0 radical (unpaired) electrons. The molecule has 0 saturated carbocycles. The molecule has 0 aliphatic carbocycles. The number of hydrogen-bond donors (Lipinski definition) is 2. The molecular formula is C15H25NO2. The van der Waals surface area contributed by atoms with E-state index in [1.807, 2.05) is 24.3 Å². The molecule has 0 fully saturated rings. The molecule has 102 valence electrons. The van der Waals surface area contributed by atoms with E-state index in [1.165, 1.54) is 0 Å². The molecule has 0 aromatic heterocycles. The third-order valence-electron chi connectivity index (χ3n) is 2.63. The van der Waals surface area contributed by atoms with Gasteiger partial charge in [0, 0.05) is 6.54 Å². The van der Waals surface area contributed by atoms with Gasteiger partial charge in [0.05, 0.1) is 12.7 Å². The number of ether oxygens (including phenoxy) is 1. The minimum Gasteiger partial charge on any atom is -0.494 e. The van der Waals surface area contributed by atoms with E-state index in [1.54, 1.807) is 0 Å². The summed E-state index contributed by atoms with van der Waals surface area (Å²) in [5, 5.41) is 13.2. The van der Waals surface area contributed by atoms with Crippen LogP contribution in [0.3, 0.4) is 0 Å². The lowest BCUT2D eigenvalue weighted by Gasteiger charge is -2.14. The lowest BCUT2D eigenvalue weighted by molar-refractivity contribution is 0.173. The summed E-state index contributed by atoms with van der Waals surface area (Å²) in [6.45, 7) is 8.64. The summed E-state index contributed by atoms with van der Waals surface area (Å²) in [4.78, 5) is 0. The van der Waals surface area contributed by atoms with Crippen molar-refractivity contribution in [3.63, 3.8) is 0 Å². The third-order valence-corrected chi connectivity index (χ3v) is 2.63. The minimum atomic E-state index is -0.455. The Hall–Kier alpha value is -1.06. The number of aliphatic hydroxyl groups excluding tert-OH is 1. The molecule has 3 nitrogen and oxygen atoms in total. The SMILES string of the molecule is CCCOc1ccc(C(O)CNCC(C)C)cc1. The fourth-order valence-electron chi connectivity index (χ4n) is 1.63. The van der Waals surface area contributed by atoms with Crippen LogP contribution in [0, 0.1) is 5.92 Å². The highest BCUT2D eigenvalue weighted by molar-refractivity contribution is 5.28. The van der Waals surface area contributed by atoms with Gasteiger partial charge in [-0.05, 0) is 36.6 Å². The van der Waals surface area contributed by atoms with Gasteiger partial charge < -0.3 is 15.2 Å². The van der Waals surface area contributed by atoms with Crippen molar-refractivity contribution in [1.29, 1.82) is 0 Å². The van der Waals surface area contributed by atoms with Crippen LogP contribution in [-0.4, -0.2) is 24.8 Å². The predicted molar refractivity (Wildman–Crippen MR) is 74.9 cm³/mol. The average Bonchev–Trinajstić information content (AvgIpc) is 2.36. The second-order valence-corrected chi connectivity index (χ2v) is 4.99. The molecule has 0 saturated heterocycles. The first-order valence-electron chi connectivity index (χ1n) is 6.75. The molecule has 1 aromatic carbocycles. The highest BCUT2D eigenvalue weighted by Crippen LogP contribution is 2.17. The number of rotatable bonds is 8. The van der Waals surface area contributed by atoms with E-state index in [9.17, 15) is 5.11 Å². The Morgan fingerprint density at radius 3 is 2.39 bits per heavy atom. The maximum atomic E-state index is 10.00. The monoisotopic (exact) mass is 251 g/mol. The highest BCUT2D eigenvalue weighted by atomic mass is 16.5. The Bertz CT molecular complexity index is 322. The van der Waals surface area contributed by atoms with Crippen LogP contribution in [0.2, 0.25) is 0 Å². The molecule has 2 N–H and O–H groups in total. The molecule has 1 aromatic rings. The zero-order valence-corrected chi connectivity index (χ0v) is 11.6. The smallest absolute Gasteiger partial charge is 0.119 e. The maximum Gasteiger partial charge on any atom is 0.119 e. The molecule has 0 amide bonds. The Kier molecular flexibility index (Phi) is 6.76. The van der Waals surface area contributed by atoms with Crippen LogP contribution in [0.15, 0.2) is 24.3 Å². The van der Waals surface area contributed by atoms with Gasteiger partial charge in [-0.15, -0.1) is 0 Å². The van der Waals surface area contributed by atoms with Crippen LogP contribution < -0.4 is 10.1 Å². The van der Waals surface area contributed by atoms with Crippen molar-refractivity contribution in [3.05, 3.63) is 29.8 Å². The van der Waals surface area contributed by atoms with Gasteiger partial charge in [0.1, 0.15) is 5.75 Å². The van der Waals surface area contributed by atoms with Crippen molar-refractivity contribution in [2.45, 2.75) is 33.3 Å². The Balaban J connectivity index is 2.40. The zero-order valence-electron chi connectivity index (χ0n) is 11.6. The quantitative estimate of drug-likeness (QED) is 0.746. The Labute approximate surface area is 110 Å². The largest absolute Gasteiger partial charge is 0.494 e. The highest BCUT2D eigenvalue weighted by Gasteiger charge is 2.07. The van der Waals surface area contributed by atoms with Crippen LogP contribution >= 0.6 is 0 Å². The van der Waals surface area contributed by atoms with Crippen LogP contribution in [0.4, 0.5) is 0 Å². The number of benzene rings is 1. The van der Waals surface area contributed by atoms with E-state index < -0.39 is 6.10 Å². The van der Waals surface area contributed by atoms with Crippen molar-refractivity contribution in [2.75, 3.05) is 19.7 Å². The molecule has 0 heterocycles. The van der Waals surface area contributed by atoms with Crippen LogP contribution in [0.5, 0.6) is 5.75 Å². The van der Waals surface area contributed by atoms with Gasteiger partial charge in [-0.3, -0.25) is 0 Å². The fourth-order valence-corrected chi connectivity index (χ4v) is 1.63. The summed E-state index contributed by atoms with van der Waals surface area (Å²) < 4.78 is 5.51. The molecule has 1 unspecified atom stereocenters. The molecule has 0 bridgehead atoms. The van der Waals surface area contributed by atoms with Gasteiger partial charge in [0.15, 0.2) is 0 Å². The molecular weight excluding hydrogens is 226 g/mol. The summed E-state index contributed by atoms with van der Waals surface area (Å²) in [6.07, 6.45) is 0.549. The molecule has 18 heavy (non-hydrogen) atoms. The van der Waals surface area contributed by atoms with Gasteiger partial charge in [0.2, 0.25) is 0 Å². The lowest BCUT2D eigenvalue weighted by Crippen LogP contribution is -2.25. The summed E-state index contributed by atoms with van der Waals surface area (Å²) >= 11 is 0. The van der Waals surface area contributed by atoms with E-state index in [2.05, 4.69) is 26.1 Å². The van der Waals surface area contributed by atoms with Crippen LogP contribution in [-0.2, 0) is 0 Å². The van der Waals surface area contributed by atoms with E-state index in [0.29, 0.717) is 12.5 Å². The van der Waals surface area contributed by atoms with Crippen LogP contribution in [0.1, 0.15) is 38.9 Å². The summed E-state index contributed by atoms with van der Waals surface area (Å²) in [7, 11) is 0. The van der Waals surface area contributed by atoms with Gasteiger partial charge >= 0.3 is 0 Å². The molecule has 3 heteroatoms. The summed E-state index contributed by atoms with van der Waals surface area (Å²) in [5.74, 6) is 1.46. The first kappa shape index (κ1) is 15.0. The maximum absolute atomic E-state index is 10.00. The van der Waals surface area contributed by atoms with Crippen LogP contribution in [0.25, 0.3) is 0 Å². The molecule has 1 rings (SSSR count). The van der Waals surface area contributed by atoms with Gasteiger partial charge in [-0.1, -0.05) is 32.9 Å². The van der Waals surface area contributed by atoms with Crippen molar-refractivity contribution < 1.29 is 9.84 Å². The van der Waals surface area contributed by atoms with Crippen molar-refractivity contribution >= 4 is 0 Å². The van der Waals surface area contributed by atoms with Gasteiger partial charge in [0.25, 0.3) is 0 Å². The second kappa shape index (κ2) is 8.11. The third kappa shape index (κ3) is 5.52. The summed E-state index contributed by atoms with van der Waals surface area (Å²) in [6, 6.07) is 7.67. The number of aliphatic hydroxyl groups is 1. The molecule has 0 aliphatic heterocycles. The topological polar surface area (TPSA) is 41.5 Å². The predicted octanol–water partition coefficient (Wildman–Crippen LogP) is 2.75. The zero-order chi connectivity index (χ0) is 13.4. The molecule has 0 spiro atoms. The number of hydrogen-bond acceptors (Lipinski definition) is 3. The van der Waals surface area contributed by atoms with E-state index in [-0.39, 0.29) is 0 Å². The first-order valence-corrected chi connectivity index (χ1v) is 6.75. The van der Waals surface area contributed by atoms with E-state index in [0.717, 1.165) is 30.9 Å². The second-order valence-electron chi connectivity index (χ2n) is 4.99. The van der Waals surface area contributed by atoms with Gasteiger partial charge in [-0.25, -0.2) is 0 Å². The summed E-state index contributed by atoms with van der Waals surface area (Å²) in [5.41, 5.74) is 0.926. The lowest BCUT2D eigenvalue weighted by atomic mass is 10.1. The first-order chi connectivity index (χ1) is 8.63.